The molecule has 12 heterocycles. The zero-order valence-electron chi connectivity index (χ0n) is 64.0. The van der Waals surface area contributed by atoms with Crippen molar-refractivity contribution in [2.45, 2.75) is 180 Å². The fraction of sp³-hybridized carbons (Fsp3) is 0.457. The van der Waals surface area contributed by atoms with Crippen LogP contribution < -0.4 is 42.5 Å². The standard InChI is InChI=1S/C18H20F4N8.C18H20F3N7O.C17H20F3N9.C17H19F3N8S/c1-3-23-16-14(18(20,21)22)7-24-17(28-16)27-15-8-26-30(10(15)2)13-4-12(5-13)29-9-11(19)6-25-29;1-4-22-16-12(18(19,20)21)7-23-17(26-16)25-13-8-24-28(10(13)3)14-6-5-11-9(2)27-29-15(11)14;1-10-14(26-16-22-8-13(17(18,19)20)15(21-2)27-16)9-25-28(10)11-3-4-12(7-11)29-23-5-6-24-29;1-3-21-14-12(17(18,19)20)6-22-16(26-14)25-13-7-24-28(9(13)2)11-4-10(5-11)15-27-23-8-29-15/h6-9,12-13H,3-5H2,1-2H3,(H2,23,24,27,28);7-8,14H,4-6H2,1-3H3,(H2,22,23,25,26);5-6,8-9,11-12H,3-4,7H2,1-2H3,(H2,21,22,26,27);6-8,10-11H,3-5H2,1-2H3,(H2,21,22,25,26). The van der Waals surface area contributed by atoms with E-state index in [4.69, 9.17) is 4.52 Å². The van der Waals surface area contributed by atoms with Gasteiger partial charge in [-0.2, -0.15) is 113 Å². The van der Waals surface area contributed by atoms with E-state index >= 15 is 0 Å². The van der Waals surface area contributed by atoms with Crippen molar-refractivity contribution in [3.8, 4) is 0 Å². The lowest BCUT2D eigenvalue weighted by Crippen LogP contribution is -2.30. The van der Waals surface area contributed by atoms with Gasteiger partial charge in [-0.15, -0.1) is 21.5 Å². The molecular weight excluding hydrogens is 1580 g/mol. The number of halogens is 13. The van der Waals surface area contributed by atoms with Crippen molar-refractivity contribution < 1.29 is 61.6 Å². The number of fused-ring (bicyclic) bond motifs is 1. The molecule has 3 fully saturated rings. The second-order valence-corrected chi connectivity index (χ2v) is 28.5. The minimum atomic E-state index is -4.55. The SMILES string of the molecule is CCNc1nc(Nc2cnn(C3CC(c4nncs4)C3)c2C)ncc1C(F)(F)F.CCNc1nc(Nc2cnn(C3CC(n4cc(F)cn4)C3)c2C)ncc1C(F)(F)F.CCNc1nc(Nc2cnn(C3CCc4c(C)noc43)c2C)ncc1C(F)(F)F.CNc1nc(Nc2cnn(C3CCC(n4nccn4)C3)c2C)ncc1C(F)(F)F. The lowest BCUT2D eigenvalue weighted by molar-refractivity contribution is -0.138. The first-order valence-electron chi connectivity index (χ1n) is 37.0. The Morgan fingerprint density at radius 3 is 1.27 bits per heavy atom. The van der Waals surface area contributed by atoms with E-state index in [9.17, 15) is 57.1 Å². The van der Waals surface area contributed by atoms with Gasteiger partial charge in [0, 0.05) is 63.0 Å². The van der Waals surface area contributed by atoms with Crippen molar-refractivity contribution >= 4 is 81.2 Å². The highest BCUT2D eigenvalue weighted by Gasteiger charge is 2.42. The van der Waals surface area contributed by atoms with Crippen molar-refractivity contribution in [3.05, 3.63) is 153 Å². The molecular formula is C70H79F13N32OS. The summed E-state index contributed by atoms with van der Waals surface area (Å²) < 4.78 is 185. The lowest BCUT2D eigenvalue weighted by atomic mass is 9.81. The molecule has 47 heteroatoms. The van der Waals surface area contributed by atoms with Gasteiger partial charge in [0.2, 0.25) is 23.8 Å². The summed E-state index contributed by atoms with van der Waals surface area (Å²) in [6, 6.07) is 0.858. The molecule has 12 aromatic heterocycles. The maximum absolute atomic E-state index is 13.1. The van der Waals surface area contributed by atoms with Crippen LogP contribution in [0, 0.1) is 40.4 Å². The van der Waals surface area contributed by atoms with E-state index in [2.05, 4.69) is 133 Å². The van der Waals surface area contributed by atoms with Crippen LogP contribution in [-0.4, -0.2) is 146 Å². The number of nitrogens with zero attached hydrogens (tertiary/aromatic N) is 24. The Labute approximate surface area is 661 Å². The zero-order valence-corrected chi connectivity index (χ0v) is 64.8. The molecule has 33 nitrogen and oxygen atoms in total. The Morgan fingerprint density at radius 2 is 0.863 bits per heavy atom. The van der Waals surface area contributed by atoms with E-state index < -0.39 is 47.0 Å². The number of hydrogen-bond donors (Lipinski definition) is 8. The van der Waals surface area contributed by atoms with Gasteiger partial charge >= 0.3 is 24.7 Å². The molecule has 0 aromatic carbocycles. The molecule has 0 spiro atoms. The minimum absolute atomic E-state index is 0.0418. The Morgan fingerprint density at radius 1 is 0.462 bits per heavy atom. The molecule has 16 rings (SSSR count). The monoisotopic (exact) mass is 1660 g/mol. The molecule has 12 aromatic rings. The number of anilines is 12. The minimum Gasteiger partial charge on any atom is -0.372 e. The van der Waals surface area contributed by atoms with Crippen molar-refractivity contribution in [3.63, 3.8) is 0 Å². The van der Waals surface area contributed by atoms with E-state index in [1.165, 1.54) is 19.4 Å². The average Bonchev–Trinajstić information content (AvgIpc) is 1.63. The summed E-state index contributed by atoms with van der Waals surface area (Å²) >= 11 is 1.56. The summed E-state index contributed by atoms with van der Waals surface area (Å²) in [5.74, 6) is 0.00155. The summed E-state index contributed by atoms with van der Waals surface area (Å²) in [6.45, 7) is 15.4. The second kappa shape index (κ2) is 34.3. The van der Waals surface area contributed by atoms with Gasteiger partial charge in [-0.25, -0.2) is 24.3 Å². The first-order valence-corrected chi connectivity index (χ1v) is 37.8. The van der Waals surface area contributed by atoms with Gasteiger partial charge in [-0.1, -0.05) is 5.16 Å². The van der Waals surface area contributed by atoms with Crippen LogP contribution in [0.4, 0.5) is 127 Å². The number of rotatable bonds is 22. The Kier molecular flexibility index (Phi) is 24.3. The molecule has 622 valence electrons. The highest BCUT2D eigenvalue weighted by molar-refractivity contribution is 7.09. The van der Waals surface area contributed by atoms with Crippen LogP contribution in [0.3, 0.4) is 0 Å². The summed E-state index contributed by atoms with van der Waals surface area (Å²) in [6.07, 6.45) is 5.12. The molecule has 0 amide bonds. The highest BCUT2D eigenvalue weighted by Crippen LogP contribution is 2.48. The van der Waals surface area contributed by atoms with Crippen LogP contribution in [0.2, 0.25) is 0 Å². The van der Waals surface area contributed by atoms with Gasteiger partial charge in [-0.05, 0) is 113 Å². The Balaban J connectivity index is 0.000000135. The number of hydrogen-bond acceptors (Lipinski definition) is 28. The molecule has 0 bridgehead atoms. The molecule has 4 aliphatic rings. The largest absolute Gasteiger partial charge is 0.421 e. The van der Waals surface area contributed by atoms with Gasteiger partial charge < -0.3 is 47.1 Å². The lowest BCUT2D eigenvalue weighted by Gasteiger charge is -2.36. The van der Waals surface area contributed by atoms with Crippen molar-refractivity contribution in [1.29, 1.82) is 0 Å². The quantitative estimate of drug-likeness (QED) is 0.0292. The Hall–Kier alpha value is -12.2. The molecule has 0 aliphatic heterocycles. The van der Waals surface area contributed by atoms with Crippen LogP contribution in [0.1, 0.15) is 181 Å². The zero-order chi connectivity index (χ0) is 83.4. The first kappa shape index (κ1) is 82.7. The van der Waals surface area contributed by atoms with Crippen LogP contribution in [0.15, 0.2) is 84.4 Å². The second-order valence-electron chi connectivity index (χ2n) is 27.7. The highest BCUT2D eigenvalue weighted by atomic mass is 32.1. The van der Waals surface area contributed by atoms with Crippen LogP contribution in [-0.2, 0) is 31.1 Å². The molecule has 8 N–H and O–H groups in total. The van der Waals surface area contributed by atoms with Gasteiger partial charge in [-0.3, -0.25) is 23.4 Å². The molecule has 3 unspecified atom stereocenters. The Bertz CT molecular complexity index is 5340. The average molecular weight is 1660 g/mol. The summed E-state index contributed by atoms with van der Waals surface area (Å²) in [5, 5.41) is 65.4. The third-order valence-electron chi connectivity index (χ3n) is 20.1. The van der Waals surface area contributed by atoms with Crippen LogP contribution in [0.25, 0.3) is 0 Å². The van der Waals surface area contributed by atoms with E-state index in [0.29, 0.717) is 48.3 Å². The summed E-state index contributed by atoms with van der Waals surface area (Å²) in [7, 11) is 1.38. The predicted molar refractivity (Wildman–Crippen MR) is 401 cm³/mol. The van der Waals surface area contributed by atoms with E-state index in [1.807, 2.05) is 53.3 Å². The van der Waals surface area contributed by atoms with E-state index in [0.717, 1.165) is 127 Å². The smallest absolute Gasteiger partial charge is 0.372 e. The van der Waals surface area contributed by atoms with E-state index in [-0.39, 0.29) is 89.1 Å². The number of nitrogens with one attached hydrogen (secondary N) is 8. The van der Waals surface area contributed by atoms with Gasteiger partial charge in [0.25, 0.3) is 0 Å². The van der Waals surface area contributed by atoms with Gasteiger partial charge in [0.05, 0.1) is 131 Å². The summed E-state index contributed by atoms with van der Waals surface area (Å²) in [4.78, 5) is 32.9. The van der Waals surface area contributed by atoms with Crippen molar-refractivity contribution in [2.75, 3.05) is 69.2 Å². The first-order chi connectivity index (χ1) is 55.8. The number of aryl methyl sites for hydroxylation is 1. The molecule has 3 saturated carbocycles. The topological polar surface area (TPSA) is 371 Å². The van der Waals surface area contributed by atoms with Crippen LogP contribution >= 0.6 is 11.3 Å². The number of aromatic nitrogens is 24. The normalized spacial score (nSPS) is 18.4. The predicted octanol–water partition coefficient (Wildman–Crippen LogP) is 15.6. The number of alkyl halides is 12. The van der Waals surface area contributed by atoms with E-state index in [1.54, 1.807) is 84.3 Å². The van der Waals surface area contributed by atoms with Crippen LogP contribution in [0.5, 0.6) is 0 Å². The fourth-order valence-electron chi connectivity index (χ4n) is 14.0. The molecule has 0 radical (unpaired) electrons. The van der Waals surface area contributed by atoms with Gasteiger partial charge in [0.1, 0.15) is 62.1 Å². The van der Waals surface area contributed by atoms with Crippen molar-refractivity contribution in [1.82, 2.24) is 119 Å². The maximum atomic E-state index is 13.1. The molecule has 3 atom stereocenters. The maximum Gasteiger partial charge on any atom is 0.421 e. The molecule has 0 saturated heterocycles. The molecule has 117 heavy (non-hydrogen) atoms. The third kappa shape index (κ3) is 18.5. The molecule has 4 aliphatic carbocycles. The van der Waals surface area contributed by atoms with Crippen molar-refractivity contribution in [2.24, 2.45) is 0 Å². The third-order valence-corrected chi connectivity index (χ3v) is 21.0. The van der Waals surface area contributed by atoms with Gasteiger partial charge in [0.15, 0.2) is 11.6 Å². The fourth-order valence-corrected chi connectivity index (χ4v) is 14.7. The summed E-state index contributed by atoms with van der Waals surface area (Å²) in [5.41, 5.74) is 5.95.